The van der Waals surface area contributed by atoms with E-state index in [1.807, 2.05) is 25.1 Å². The Labute approximate surface area is 146 Å². The van der Waals surface area contributed by atoms with Crippen LogP contribution in [0.1, 0.15) is 16.8 Å². The van der Waals surface area contributed by atoms with E-state index in [-0.39, 0.29) is 12.0 Å². The third-order valence-corrected chi connectivity index (χ3v) is 4.11. The average Bonchev–Trinajstić information content (AvgIpc) is 3.03. The molecule has 7 heteroatoms. The number of halogens is 1. The van der Waals surface area contributed by atoms with Crippen LogP contribution in [0.3, 0.4) is 0 Å². The number of anilines is 1. The summed E-state index contributed by atoms with van der Waals surface area (Å²) in [4.78, 5) is 16.1. The van der Waals surface area contributed by atoms with E-state index in [4.69, 9.17) is 16.3 Å². The van der Waals surface area contributed by atoms with Gasteiger partial charge in [0.25, 0.3) is 5.91 Å². The lowest BCUT2D eigenvalue weighted by atomic mass is 10.2. The molecule has 0 saturated carbocycles. The minimum absolute atomic E-state index is 0.0300. The molecule has 0 spiro atoms. The highest BCUT2D eigenvalue weighted by Crippen LogP contribution is 2.20. The van der Waals surface area contributed by atoms with Crippen LogP contribution < -0.4 is 9.64 Å². The molecular weight excluding hydrogens is 328 g/mol. The first-order valence-corrected chi connectivity index (χ1v) is 8.13. The van der Waals surface area contributed by atoms with Gasteiger partial charge in [-0.25, -0.2) is 0 Å². The first-order chi connectivity index (χ1) is 11.5. The lowest BCUT2D eigenvalue weighted by Gasteiger charge is -2.17. The van der Waals surface area contributed by atoms with Crippen LogP contribution in [0.15, 0.2) is 36.4 Å². The largest absolute Gasteiger partial charge is 0.471 e. The molecule has 1 aliphatic heterocycles. The maximum absolute atomic E-state index is 12.5. The van der Waals surface area contributed by atoms with Crippen LogP contribution in [-0.2, 0) is 0 Å². The van der Waals surface area contributed by atoms with Gasteiger partial charge in [0.2, 0.25) is 5.88 Å². The van der Waals surface area contributed by atoms with Crippen molar-refractivity contribution < 1.29 is 9.53 Å². The molecule has 2 aromatic rings. The third-order valence-electron chi connectivity index (χ3n) is 3.88. The summed E-state index contributed by atoms with van der Waals surface area (Å²) in [5.74, 6) is 1.21. The topological polar surface area (TPSA) is 58.6 Å². The number of nitrogens with zero attached hydrogens (tertiary/aromatic N) is 4. The molecule has 1 unspecified atom stereocenters. The van der Waals surface area contributed by atoms with Crippen LogP contribution in [0, 0.1) is 0 Å². The Morgan fingerprint density at radius 2 is 2.12 bits per heavy atom. The minimum atomic E-state index is -0.0763. The summed E-state index contributed by atoms with van der Waals surface area (Å²) in [6, 6.07) is 10.6. The zero-order chi connectivity index (χ0) is 17.1. The standard InChI is InChI=1S/C17H19ClN4O2/c1-21(2)15-6-7-16(20-19-15)24-14-8-9-22(11-14)17(23)12-4-3-5-13(18)10-12/h3-7,10,14H,8-9,11H2,1-2H3. The van der Waals surface area contributed by atoms with Crippen LogP contribution in [0.5, 0.6) is 5.88 Å². The van der Waals surface area contributed by atoms with Crippen molar-refractivity contribution in [3.63, 3.8) is 0 Å². The molecule has 0 N–H and O–H groups in total. The smallest absolute Gasteiger partial charge is 0.254 e. The van der Waals surface area contributed by atoms with Gasteiger partial charge in [-0.2, -0.15) is 0 Å². The summed E-state index contributed by atoms with van der Waals surface area (Å²) in [7, 11) is 3.81. The van der Waals surface area contributed by atoms with Crippen LogP contribution >= 0.6 is 11.6 Å². The molecule has 0 bridgehead atoms. The molecule has 126 valence electrons. The van der Waals surface area contributed by atoms with E-state index < -0.39 is 0 Å². The molecule has 1 aromatic carbocycles. The average molecular weight is 347 g/mol. The molecule has 0 aliphatic carbocycles. The van der Waals surface area contributed by atoms with Crippen molar-refractivity contribution in [1.82, 2.24) is 15.1 Å². The lowest BCUT2D eigenvalue weighted by molar-refractivity contribution is 0.0771. The zero-order valence-corrected chi connectivity index (χ0v) is 14.4. The Morgan fingerprint density at radius 1 is 1.29 bits per heavy atom. The number of aromatic nitrogens is 2. The molecule has 2 heterocycles. The molecule has 1 aliphatic rings. The molecule has 1 aromatic heterocycles. The number of ether oxygens (including phenoxy) is 1. The van der Waals surface area contributed by atoms with Crippen molar-refractivity contribution in [2.24, 2.45) is 0 Å². The second-order valence-electron chi connectivity index (χ2n) is 5.91. The predicted octanol–water partition coefficient (Wildman–Crippen LogP) is 2.49. The van der Waals surface area contributed by atoms with Crippen LogP contribution in [0.4, 0.5) is 5.82 Å². The molecular formula is C17H19ClN4O2. The molecule has 1 atom stereocenters. The van der Waals surface area contributed by atoms with Crippen molar-refractivity contribution in [2.45, 2.75) is 12.5 Å². The molecule has 1 saturated heterocycles. The van der Waals surface area contributed by atoms with Crippen LogP contribution in [0.25, 0.3) is 0 Å². The van der Waals surface area contributed by atoms with Gasteiger partial charge in [-0.3, -0.25) is 4.79 Å². The Bertz CT molecular complexity index is 721. The van der Waals surface area contributed by atoms with E-state index in [0.717, 1.165) is 12.2 Å². The van der Waals surface area contributed by atoms with E-state index in [1.165, 1.54) is 0 Å². The number of rotatable bonds is 4. The van der Waals surface area contributed by atoms with Gasteiger partial charge in [0.05, 0.1) is 6.54 Å². The van der Waals surface area contributed by atoms with Gasteiger partial charge in [0.1, 0.15) is 6.10 Å². The SMILES string of the molecule is CN(C)c1ccc(OC2CCN(C(=O)c3cccc(Cl)c3)C2)nn1. The van der Waals surface area contributed by atoms with Gasteiger partial charge in [-0.05, 0) is 24.3 Å². The second-order valence-corrected chi connectivity index (χ2v) is 6.35. The molecule has 6 nitrogen and oxygen atoms in total. The molecule has 0 radical (unpaired) electrons. The highest BCUT2D eigenvalue weighted by atomic mass is 35.5. The van der Waals surface area contributed by atoms with Gasteiger partial charge in [0, 0.05) is 43.7 Å². The van der Waals surface area contributed by atoms with Gasteiger partial charge in [-0.15, -0.1) is 10.2 Å². The summed E-state index contributed by atoms with van der Waals surface area (Å²) in [6.45, 7) is 1.18. The molecule has 1 fully saturated rings. The maximum Gasteiger partial charge on any atom is 0.254 e. The highest BCUT2D eigenvalue weighted by molar-refractivity contribution is 6.30. The fourth-order valence-corrected chi connectivity index (χ4v) is 2.79. The zero-order valence-electron chi connectivity index (χ0n) is 13.6. The number of carbonyl (C=O) groups excluding carboxylic acids is 1. The van der Waals surface area contributed by atoms with Gasteiger partial charge in [-0.1, -0.05) is 17.7 Å². The normalized spacial score (nSPS) is 17.0. The van der Waals surface area contributed by atoms with Gasteiger partial charge >= 0.3 is 0 Å². The summed E-state index contributed by atoms with van der Waals surface area (Å²) in [5, 5.41) is 8.72. The third kappa shape index (κ3) is 3.76. The van der Waals surface area contributed by atoms with Crippen molar-refractivity contribution in [3.05, 3.63) is 47.0 Å². The van der Waals surface area contributed by atoms with E-state index >= 15 is 0 Å². The summed E-state index contributed by atoms with van der Waals surface area (Å²) < 4.78 is 5.84. The summed E-state index contributed by atoms with van der Waals surface area (Å²) in [5.41, 5.74) is 0.596. The van der Waals surface area contributed by atoms with E-state index in [2.05, 4.69) is 10.2 Å². The number of carbonyl (C=O) groups is 1. The lowest BCUT2D eigenvalue weighted by Crippen LogP contribution is -2.31. The number of hydrogen-bond acceptors (Lipinski definition) is 5. The van der Waals surface area contributed by atoms with Crippen molar-refractivity contribution >= 4 is 23.3 Å². The quantitative estimate of drug-likeness (QED) is 0.851. The van der Waals surface area contributed by atoms with Gasteiger partial charge in [0.15, 0.2) is 5.82 Å². The number of benzene rings is 1. The Kier molecular flexibility index (Phi) is 4.85. The van der Waals surface area contributed by atoms with Crippen molar-refractivity contribution in [1.29, 1.82) is 0 Å². The minimum Gasteiger partial charge on any atom is -0.471 e. The Balaban J connectivity index is 1.60. The molecule has 24 heavy (non-hydrogen) atoms. The Hall–Kier alpha value is -2.34. The monoisotopic (exact) mass is 346 g/mol. The van der Waals surface area contributed by atoms with Gasteiger partial charge < -0.3 is 14.5 Å². The molecule has 3 rings (SSSR count). The number of amides is 1. The summed E-state index contributed by atoms with van der Waals surface area (Å²) >= 11 is 5.95. The Morgan fingerprint density at radius 3 is 2.79 bits per heavy atom. The first-order valence-electron chi connectivity index (χ1n) is 7.75. The van der Waals surface area contributed by atoms with Crippen LogP contribution in [-0.4, -0.2) is 54.3 Å². The summed E-state index contributed by atoms with van der Waals surface area (Å²) in [6.07, 6.45) is 0.691. The highest BCUT2D eigenvalue weighted by Gasteiger charge is 2.28. The first kappa shape index (κ1) is 16.5. The van der Waals surface area contributed by atoms with Crippen molar-refractivity contribution in [2.75, 3.05) is 32.1 Å². The predicted molar refractivity (Wildman–Crippen MR) is 92.7 cm³/mol. The second kappa shape index (κ2) is 7.05. The van der Waals surface area contributed by atoms with E-state index in [9.17, 15) is 4.79 Å². The fourth-order valence-electron chi connectivity index (χ4n) is 2.60. The molecule has 1 amide bonds. The van der Waals surface area contributed by atoms with Crippen molar-refractivity contribution in [3.8, 4) is 5.88 Å². The van der Waals surface area contributed by atoms with Crippen LogP contribution in [0.2, 0.25) is 5.02 Å². The maximum atomic E-state index is 12.5. The fraction of sp³-hybridized carbons (Fsp3) is 0.353. The number of likely N-dealkylation sites (tertiary alicyclic amines) is 1. The number of hydrogen-bond donors (Lipinski definition) is 0. The van der Waals surface area contributed by atoms with E-state index in [0.29, 0.717) is 29.6 Å². The van der Waals surface area contributed by atoms with E-state index in [1.54, 1.807) is 35.2 Å².